The van der Waals surface area contributed by atoms with E-state index in [0.29, 0.717) is 37.8 Å². The number of nitrogens with zero attached hydrogens (tertiary/aromatic N) is 3. The molecule has 2 aliphatic heterocycles. The number of benzene rings is 1. The molecule has 0 aliphatic carbocycles. The van der Waals surface area contributed by atoms with Crippen LogP contribution in [0.4, 0.5) is 0 Å². The minimum atomic E-state index is -0.170. The van der Waals surface area contributed by atoms with Gasteiger partial charge in [0.2, 0.25) is 5.91 Å². The minimum Gasteiger partial charge on any atom is -0.350 e. The van der Waals surface area contributed by atoms with Crippen LogP contribution < -0.4 is 10.6 Å². The molecule has 29 heavy (non-hydrogen) atoms. The lowest BCUT2D eigenvalue weighted by molar-refractivity contribution is -0.128. The number of likely N-dealkylation sites (tertiary alicyclic amines) is 1. The standard InChI is InChI=1S/C21H27N5O2.ClH/c27-20-11-17(15-25(20)14-16-5-2-1-3-6-16)12-23-21(28)19-8-10-26(24-19)18-7-4-9-22-13-18;/h1-3,5-6,8,10,17-18,22H,4,7,9,11-15H2,(H,23,28);1H. The van der Waals surface area contributed by atoms with Gasteiger partial charge in [-0.1, -0.05) is 30.3 Å². The molecular formula is C21H28ClN5O2. The molecule has 0 bridgehead atoms. The molecule has 7 nitrogen and oxygen atoms in total. The van der Waals surface area contributed by atoms with Crippen LogP contribution in [-0.4, -0.2) is 52.7 Å². The molecule has 156 valence electrons. The van der Waals surface area contributed by atoms with Crippen molar-refractivity contribution in [3.05, 3.63) is 53.9 Å². The van der Waals surface area contributed by atoms with Crippen molar-refractivity contribution in [2.24, 2.45) is 5.92 Å². The summed E-state index contributed by atoms with van der Waals surface area (Å²) in [7, 11) is 0. The Morgan fingerprint density at radius 2 is 2.07 bits per heavy atom. The van der Waals surface area contributed by atoms with E-state index in [1.54, 1.807) is 6.07 Å². The number of carbonyl (C=O) groups is 2. The third-order valence-corrected chi connectivity index (χ3v) is 5.55. The maximum Gasteiger partial charge on any atom is 0.271 e. The van der Waals surface area contributed by atoms with Crippen molar-refractivity contribution in [1.29, 1.82) is 0 Å². The van der Waals surface area contributed by atoms with E-state index in [-0.39, 0.29) is 30.1 Å². The van der Waals surface area contributed by atoms with Crippen LogP contribution in [0.2, 0.25) is 0 Å². The fourth-order valence-corrected chi connectivity index (χ4v) is 4.00. The Morgan fingerprint density at radius 3 is 2.83 bits per heavy atom. The van der Waals surface area contributed by atoms with Gasteiger partial charge in [0.1, 0.15) is 5.69 Å². The Balaban J connectivity index is 0.00000240. The Morgan fingerprint density at radius 1 is 1.24 bits per heavy atom. The van der Waals surface area contributed by atoms with E-state index in [1.807, 2.05) is 46.1 Å². The summed E-state index contributed by atoms with van der Waals surface area (Å²) < 4.78 is 1.89. The van der Waals surface area contributed by atoms with Crippen LogP contribution in [0.1, 0.15) is 41.4 Å². The summed E-state index contributed by atoms with van der Waals surface area (Å²) in [5, 5.41) is 10.8. The molecular weight excluding hydrogens is 390 g/mol. The Hall–Kier alpha value is -2.38. The second-order valence-corrected chi connectivity index (χ2v) is 7.72. The SMILES string of the molecule is Cl.O=C(NCC1CC(=O)N(Cc2ccccc2)C1)c1ccn(C2CCCNC2)n1. The Bertz CT molecular complexity index is 819. The zero-order chi connectivity index (χ0) is 19.3. The van der Waals surface area contributed by atoms with Crippen molar-refractivity contribution < 1.29 is 9.59 Å². The summed E-state index contributed by atoms with van der Waals surface area (Å²) in [5.74, 6) is 0.124. The molecule has 0 spiro atoms. The maximum atomic E-state index is 12.5. The topological polar surface area (TPSA) is 79.3 Å². The largest absolute Gasteiger partial charge is 0.350 e. The average Bonchev–Trinajstić information content (AvgIpc) is 3.35. The first kappa shape index (κ1) is 21.3. The molecule has 2 fully saturated rings. The summed E-state index contributed by atoms with van der Waals surface area (Å²) in [4.78, 5) is 26.6. The summed E-state index contributed by atoms with van der Waals surface area (Å²) in [6, 6.07) is 12.1. The van der Waals surface area contributed by atoms with Crippen molar-refractivity contribution >= 4 is 24.2 Å². The van der Waals surface area contributed by atoms with Crippen molar-refractivity contribution in [1.82, 2.24) is 25.3 Å². The van der Waals surface area contributed by atoms with Gasteiger partial charge in [0.15, 0.2) is 0 Å². The minimum absolute atomic E-state index is 0. The van der Waals surface area contributed by atoms with E-state index in [9.17, 15) is 9.59 Å². The molecule has 2 amide bonds. The molecule has 8 heteroatoms. The number of nitrogens with one attached hydrogen (secondary N) is 2. The zero-order valence-electron chi connectivity index (χ0n) is 16.4. The Kier molecular flexibility index (Phi) is 7.28. The van der Waals surface area contributed by atoms with Gasteiger partial charge >= 0.3 is 0 Å². The quantitative estimate of drug-likeness (QED) is 0.753. The van der Waals surface area contributed by atoms with Crippen molar-refractivity contribution in [2.75, 3.05) is 26.2 Å². The van der Waals surface area contributed by atoms with Gasteiger partial charge in [0.05, 0.1) is 6.04 Å². The van der Waals surface area contributed by atoms with Crippen molar-refractivity contribution in [3.8, 4) is 0 Å². The van der Waals surface area contributed by atoms with Gasteiger partial charge in [-0.3, -0.25) is 14.3 Å². The molecule has 0 saturated carbocycles. The first-order valence-electron chi connectivity index (χ1n) is 10.0. The van der Waals surface area contributed by atoms with E-state index in [2.05, 4.69) is 15.7 Å². The number of aromatic nitrogens is 2. The highest BCUT2D eigenvalue weighted by atomic mass is 35.5. The number of halogens is 1. The van der Waals surface area contributed by atoms with E-state index in [0.717, 1.165) is 31.5 Å². The first-order chi connectivity index (χ1) is 13.7. The molecule has 2 atom stereocenters. The van der Waals surface area contributed by atoms with E-state index in [4.69, 9.17) is 0 Å². The van der Waals surface area contributed by atoms with Crippen LogP contribution in [0.25, 0.3) is 0 Å². The van der Waals surface area contributed by atoms with Gasteiger partial charge in [0, 0.05) is 44.7 Å². The van der Waals surface area contributed by atoms with Gasteiger partial charge in [-0.05, 0) is 31.0 Å². The van der Waals surface area contributed by atoms with Crippen LogP contribution in [0.15, 0.2) is 42.6 Å². The molecule has 0 radical (unpaired) electrons. The molecule has 2 aromatic rings. The first-order valence-corrected chi connectivity index (χ1v) is 10.0. The van der Waals surface area contributed by atoms with Crippen molar-refractivity contribution in [3.63, 3.8) is 0 Å². The highest BCUT2D eigenvalue weighted by Gasteiger charge is 2.30. The summed E-state index contributed by atoms with van der Waals surface area (Å²) in [5.41, 5.74) is 1.57. The summed E-state index contributed by atoms with van der Waals surface area (Å²) in [6.07, 6.45) is 4.57. The smallest absolute Gasteiger partial charge is 0.271 e. The second kappa shape index (κ2) is 9.89. The molecule has 2 saturated heterocycles. The third kappa shape index (κ3) is 5.36. The number of piperidine rings is 1. The van der Waals surface area contributed by atoms with E-state index < -0.39 is 0 Å². The molecule has 4 rings (SSSR count). The summed E-state index contributed by atoms with van der Waals surface area (Å²) in [6.45, 7) is 3.74. The lowest BCUT2D eigenvalue weighted by Crippen LogP contribution is -2.33. The van der Waals surface area contributed by atoms with E-state index in [1.165, 1.54) is 0 Å². The molecule has 3 heterocycles. The van der Waals surface area contributed by atoms with Crippen LogP contribution in [0.5, 0.6) is 0 Å². The monoisotopic (exact) mass is 417 g/mol. The van der Waals surface area contributed by atoms with Gasteiger partial charge in [0.25, 0.3) is 5.91 Å². The van der Waals surface area contributed by atoms with Crippen LogP contribution >= 0.6 is 12.4 Å². The highest BCUT2D eigenvalue weighted by Crippen LogP contribution is 2.20. The Labute approximate surface area is 177 Å². The lowest BCUT2D eigenvalue weighted by atomic mass is 10.1. The normalized spacial score (nSPS) is 21.7. The van der Waals surface area contributed by atoms with Crippen LogP contribution in [0, 0.1) is 5.92 Å². The highest BCUT2D eigenvalue weighted by molar-refractivity contribution is 5.92. The predicted molar refractivity (Wildman–Crippen MR) is 113 cm³/mol. The van der Waals surface area contributed by atoms with Crippen molar-refractivity contribution in [2.45, 2.75) is 31.8 Å². The van der Waals surface area contributed by atoms with Gasteiger partial charge in [-0.2, -0.15) is 5.10 Å². The average molecular weight is 418 g/mol. The number of hydrogen-bond acceptors (Lipinski definition) is 4. The van der Waals surface area contributed by atoms with Crippen LogP contribution in [0.3, 0.4) is 0 Å². The number of amides is 2. The fourth-order valence-electron chi connectivity index (χ4n) is 4.00. The van der Waals surface area contributed by atoms with Crippen LogP contribution in [-0.2, 0) is 11.3 Å². The second-order valence-electron chi connectivity index (χ2n) is 7.72. The number of carbonyl (C=O) groups excluding carboxylic acids is 2. The van der Waals surface area contributed by atoms with E-state index >= 15 is 0 Å². The fraction of sp³-hybridized carbons (Fsp3) is 0.476. The number of rotatable bonds is 6. The molecule has 1 aromatic carbocycles. The molecule has 2 N–H and O–H groups in total. The zero-order valence-corrected chi connectivity index (χ0v) is 17.2. The molecule has 1 aromatic heterocycles. The van der Waals surface area contributed by atoms with Gasteiger partial charge in [-0.25, -0.2) is 0 Å². The maximum absolute atomic E-state index is 12.5. The van der Waals surface area contributed by atoms with Gasteiger partial charge in [-0.15, -0.1) is 12.4 Å². The number of hydrogen-bond donors (Lipinski definition) is 2. The lowest BCUT2D eigenvalue weighted by Gasteiger charge is -2.22. The molecule has 2 unspecified atom stereocenters. The van der Waals surface area contributed by atoms with Gasteiger partial charge < -0.3 is 15.5 Å². The third-order valence-electron chi connectivity index (χ3n) is 5.55. The predicted octanol–water partition coefficient (Wildman–Crippen LogP) is 2.01. The summed E-state index contributed by atoms with van der Waals surface area (Å²) >= 11 is 0. The molecule has 2 aliphatic rings.